The van der Waals surface area contributed by atoms with Gasteiger partial charge in [-0.3, -0.25) is 0 Å². The van der Waals surface area contributed by atoms with E-state index in [0.29, 0.717) is 49.0 Å². The van der Waals surface area contributed by atoms with Gasteiger partial charge in [0, 0.05) is 17.5 Å². The minimum absolute atomic E-state index is 0.241. The Morgan fingerprint density at radius 3 is 1.75 bits per heavy atom. The van der Waals surface area contributed by atoms with Crippen LogP contribution in [-0.4, -0.2) is 49.0 Å². The summed E-state index contributed by atoms with van der Waals surface area (Å²) in [6.07, 6.45) is -1.08. The van der Waals surface area contributed by atoms with Crippen LogP contribution >= 0.6 is 23.4 Å². The lowest BCUT2D eigenvalue weighted by atomic mass is 9.88. The second kappa shape index (κ2) is 19.6. The van der Waals surface area contributed by atoms with Gasteiger partial charge in [0.15, 0.2) is 4.93 Å². The molecule has 2 aliphatic rings. The molecular formula is C50H49ClO7S. The van der Waals surface area contributed by atoms with Crippen LogP contribution in [-0.2, 0) is 63.1 Å². The van der Waals surface area contributed by atoms with E-state index in [4.69, 9.17) is 40.0 Å². The summed E-state index contributed by atoms with van der Waals surface area (Å²) in [5.74, 6) is 1.37. The van der Waals surface area contributed by atoms with E-state index in [9.17, 15) is 5.11 Å². The third kappa shape index (κ3) is 9.88. The van der Waals surface area contributed by atoms with Crippen LogP contribution in [0.25, 0.3) is 0 Å². The van der Waals surface area contributed by atoms with E-state index in [1.807, 2.05) is 140 Å². The number of rotatable bonds is 17. The molecule has 2 heterocycles. The predicted octanol–water partition coefficient (Wildman–Crippen LogP) is 10.1. The summed E-state index contributed by atoms with van der Waals surface area (Å²) in [4.78, 5) is -1.65. The molecule has 6 aromatic carbocycles. The fourth-order valence-electron chi connectivity index (χ4n) is 7.86. The van der Waals surface area contributed by atoms with Crippen molar-refractivity contribution in [3.05, 3.63) is 201 Å². The molecule has 0 radical (unpaired) electrons. The van der Waals surface area contributed by atoms with Crippen molar-refractivity contribution in [3.8, 4) is 11.5 Å². The maximum atomic E-state index is 13.8. The van der Waals surface area contributed by atoms with Crippen molar-refractivity contribution in [1.29, 1.82) is 0 Å². The van der Waals surface area contributed by atoms with E-state index < -0.39 is 23.2 Å². The smallest absolute Gasteiger partial charge is 0.165 e. The van der Waals surface area contributed by atoms with Gasteiger partial charge in [-0.1, -0.05) is 145 Å². The fourth-order valence-corrected chi connectivity index (χ4v) is 9.79. The van der Waals surface area contributed by atoms with Crippen LogP contribution in [0.1, 0.15) is 44.5 Å². The molecule has 1 unspecified atom stereocenters. The fraction of sp³-hybridized carbons (Fsp3) is 0.280. The number of halogens is 1. The Morgan fingerprint density at radius 1 is 0.661 bits per heavy atom. The Labute approximate surface area is 356 Å². The molecule has 0 spiro atoms. The molecule has 0 aliphatic carbocycles. The first kappa shape index (κ1) is 41.1. The topological polar surface area (TPSA) is 75.6 Å². The Morgan fingerprint density at radius 2 is 1.19 bits per heavy atom. The lowest BCUT2D eigenvalue weighted by Gasteiger charge is -2.50. The average molecular weight is 829 g/mol. The number of aliphatic hydroxyl groups is 1. The number of thioether (sulfide) groups is 1. The van der Waals surface area contributed by atoms with Gasteiger partial charge in [0.25, 0.3) is 0 Å². The van der Waals surface area contributed by atoms with Crippen LogP contribution in [0.5, 0.6) is 11.5 Å². The van der Waals surface area contributed by atoms with E-state index >= 15 is 0 Å². The molecule has 8 rings (SSSR count). The summed E-state index contributed by atoms with van der Waals surface area (Å²) in [5, 5.41) is 13.9. The number of hydrogen-bond acceptors (Lipinski definition) is 8. The van der Waals surface area contributed by atoms with Gasteiger partial charge in [0.05, 0.1) is 57.0 Å². The minimum Gasteiger partial charge on any atom is -0.497 e. The van der Waals surface area contributed by atoms with Crippen LogP contribution in [0.2, 0.25) is 5.02 Å². The summed E-state index contributed by atoms with van der Waals surface area (Å²) in [7, 11) is 1.66. The van der Waals surface area contributed by atoms with Crippen LogP contribution in [0.3, 0.4) is 0 Å². The number of ether oxygens (including phenoxy) is 6. The van der Waals surface area contributed by atoms with Gasteiger partial charge in [-0.2, -0.15) is 0 Å². The Hall–Kier alpha value is -4.64. The highest BCUT2D eigenvalue weighted by Gasteiger charge is 2.58. The van der Waals surface area contributed by atoms with Crippen molar-refractivity contribution in [1.82, 2.24) is 0 Å². The molecule has 304 valence electrons. The normalized spacial score (nSPS) is 21.1. The molecular weight excluding hydrogens is 780 g/mol. The average Bonchev–Trinajstić information content (AvgIpc) is 3.78. The van der Waals surface area contributed by atoms with Crippen LogP contribution in [0.15, 0.2) is 152 Å². The standard InChI is InChI=1S/C50H49ClO7S/c1-53-41-24-22-35(23-25-41)28-40-29-43(42-26-27-55-46(42)45(40)51)50(52)49(58-33-39-20-12-5-13-21-39)48(57-32-38-18-10-4-11-19-38)47(56-31-37-16-8-3-9-17-37)44(59-50)34-54-30-36-14-6-2-7-15-36/h2-25,29,44,47-49,52H,26-28,30-34H2,1H3/t44-,47-,48+,49-,50?/m1/s1. The van der Waals surface area contributed by atoms with E-state index in [2.05, 4.69) is 12.1 Å². The maximum absolute atomic E-state index is 13.8. The van der Waals surface area contributed by atoms with Crippen LogP contribution in [0, 0.1) is 0 Å². The van der Waals surface area contributed by atoms with Gasteiger partial charge < -0.3 is 33.5 Å². The highest BCUT2D eigenvalue weighted by molar-refractivity contribution is 8.00. The summed E-state index contributed by atoms with van der Waals surface area (Å²) in [6.45, 7) is 2.00. The van der Waals surface area contributed by atoms with Crippen molar-refractivity contribution < 1.29 is 33.5 Å². The second-order valence-corrected chi connectivity index (χ2v) is 16.8. The summed E-state index contributed by atoms with van der Waals surface area (Å²) >= 11 is 8.60. The summed E-state index contributed by atoms with van der Waals surface area (Å²) < 4.78 is 39.2. The van der Waals surface area contributed by atoms with E-state index in [-0.39, 0.29) is 25.1 Å². The van der Waals surface area contributed by atoms with Crippen molar-refractivity contribution in [3.63, 3.8) is 0 Å². The molecule has 6 aromatic rings. The number of benzene rings is 6. The number of fused-ring (bicyclic) bond motifs is 1. The Balaban J connectivity index is 1.24. The SMILES string of the molecule is COc1ccc(Cc2cc(C3(O)S[C@H](COCc4ccccc4)[C@@H](OCc4ccccc4)[C@H](OCc4ccccc4)[C@H]3OCc3ccccc3)c3c(c2Cl)OCC3)cc1. The largest absolute Gasteiger partial charge is 0.497 e. The van der Waals surface area contributed by atoms with Gasteiger partial charge in [-0.15, -0.1) is 11.8 Å². The first-order chi connectivity index (χ1) is 29.0. The number of methoxy groups -OCH3 is 1. The molecule has 9 heteroatoms. The molecule has 5 atom stereocenters. The molecule has 0 amide bonds. The zero-order valence-corrected chi connectivity index (χ0v) is 34.7. The van der Waals surface area contributed by atoms with Crippen LogP contribution in [0.4, 0.5) is 0 Å². The number of hydrogen-bond donors (Lipinski definition) is 1. The molecule has 1 N–H and O–H groups in total. The summed E-state index contributed by atoms with van der Waals surface area (Å²) in [5.41, 5.74) is 7.50. The van der Waals surface area contributed by atoms with Crippen molar-refractivity contribution in [2.24, 2.45) is 0 Å². The van der Waals surface area contributed by atoms with E-state index in [1.54, 1.807) is 7.11 Å². The molecule has 59 heavy (non-hydrogen) atoms. The second-order valence-electron chi connectivity index (χ2n) is 14.9. The molecule has 0 bridgehead atoms. The van der Waals surface area contributed by atoms with Gasteiger partial charge in [0.2, 0.25) is 0 Å². The van der Waals surface area contributed by atoms with Gasteiger partial charge in [0.1, 0.15) is 29.8 Å². The monoisotopic (exact) mass is 828 g/mol. The predicted molar refractivity (Wildman–Crippen MR) is 233 cm³/mol. The molecule has 1 saturated heterocycles. The molecule has 7 nitrogen and oxygen atoms in total. The molecule has 2 aliphatic heterocycles. The Bertz CT molecular complexity index is 2230. The highest BCUT2D eigenvalue weighted by atomic mass is 35.5. The van der Waals surface area contributed by atoms with E-state index in [1.165, 1.54) is 11.8 Å². The van der Waals surface area contributed by atoms with Crippen molar-refractivity contribution in [2.75, 3.05) is 20.3 Å². The highest BCUT2D eigenvalue weighted by Crippen LogP contribution is 2.54. The third-order valence-corrected chi connectivity index (χ3v) is 12.8. The first-order valence-corrected chi connectivity index (χ1v) is 21.3. The van der Waals surface area contributed by atoms with Gasteiger partial charge in [-0.05, 0) is 58.0 Å². The third-order valence-electron chi connectivity index (χ3n) is 10.9. The quantitative estimate of drug-likeness (QED) is 0.0975. The summed E-state index contributed by atoms with van der Waals surface area (Å²) in [6, 6.07) is 50.3. The van der Waals surface area contributed by atoms with Gasteiger partial charge >= 0.3 is 0 Å². The van der Waals surface area contributed by atoms with Crippen molar-refractivity contribution >= 4 is 23.4 Å². The van der Waals surface area contributed by atoms with Crippen molar-refractivity contribution in [2.45, 2.75) is 67.8 Å². The van der Waals surface area contributed by atoms with E-state index in [0.717, 1.165) is 44.7 Å². The molecule has 1 fully saturated rings. The minimum atomic E-state index is -1.65. The Kier molecular flexibility index (Phi) is 13.7. The zero-order chi connectivity index (χ0) is 40.4. The maximum Gasteiger partial charge on any atom is 0.165 e. The molecule has 0 aromatic heterocycles. The lowest BCUT2D eigenvalue weighted by molar-refractivity contribution is -0.199. The zero-order valence-electron chi connectivity index (χ0n) is 33.1. The van der Waals surface area contributed by atoms with Crippen LogP contribution < -0.4 is 9.47 Å². The molecule has 0 saturated carbocycles. The lowest BCUT2D eigenvalue weighted by Crippen LogP contribution is -2.61. The van der Waals surface area contributed by atoms with Gasteiger partial charge in [-0.25, -0.2) is 0 Å². The first-order valence-electron chi connectivity index (χ1n) is 20.1.